The second-order valence-electron chi connectivity index (χ2n) is 4.03. The minimum atomic E-state index is 0.361. The molecular weight excluding hydrogens is 200 g/mol. The number of nitriles is 1. The van der Waals surface area contributed by atoms with Crippen LogP contribution in [0.5, 0.6) is 5.75 Å². The van der Waals surface area contributed by atoms with Crippen LogP contribution in [-0.2, 0) is 0 Å². The quantitative estimate of drug-likeness (QED) is 0.732. The first-order valence-electron chi connectivity index (χ1n) is 5.25. The van der Waals surface area contributed by atoms with Gasteiger partial charge in [0.25, 0.3) is 0 Å². The van der Waals surface area contributed by atoms with E-state index in [0.29, 0.717) is 6.54 Å². The van der Waals surface area contributed by atoms with Gasteiger partial charge in [-0.05, 0) is 37.5 Å². The van der Waals surface area contributed by atoms with Gasteiger partial charge in [-0.3, -0.25) is 0 Å². The van der Waals surface area contributed by atoms with E-state index in [-0.39, 0.29) is 0 Å². The molecule has 3 nitrogen and oxygen atoms in total. The maximum Gasteiger partial charge on any atom is 0.145 e. The third-order valence-electron chi connectivity index (χ3n) is 2.85. The molecule has 0 saturated carbocycles. The fraction of sp³-hybridized carbons (Fsp3) is 0.462. The van der Waals surface area contributed by atoms with Gasteiger partial charge in [0.2, 0.25) is 0 Å². The third kappa shape index (κ3) is 2.11. The Morgan fingerprint density at radius 1 is 1.31 bits per heavy atom. The first-order chi connectivity index (χ1) is 7.52. The van der Waals surface area contributed by atoms with Crippen LogP contribution in [0.1, 0.15) is 16.7 Å². The standard InChI is InChI=1S/C13H18N2O/c1-9-8-10(2)12(15(4)7-6-14)13(16-5)11(9)3/h8H,7H2,1-5H3. The highest BCUT2D eigenvalue weighted by Crippen LogP contribution is 2.36. The van der Waals surface area contributed by atoms with E-state index < -0.39 is 0 Å². The Hall–Kier alpha value is -1.69. The number of hydrogen-bond donors (Lipinski definition) is 0. The predicted octanol–water partition coefficient (Wildman–Crippen LogP) is 2.58. The van der Waals surface area contributed by atoms with E-state index in [4.69, 9.17) is 10.00 Å². The molecule has 0 atom stereocenters. The number of benzene rings is 1. The summed E-state index contributed by atoms with van der Waals surface area (Å²) in [6.07, 6.45) is 0. The second kappa shape index (κ2) is 4.89. The van der Waals surface area contributed by atoms with Crippen molar-refractivity contribution in [2.75, 3.05) is 25.6 Å². The van der Waals surface area contributed by atoms with E-state index in [2.05, 4.69) is 19.1 Å². The van der Waals surface area contributed by atoms with Crippen LogP contribution in [-0.4, -0.2) is 20.7 Å². The van der Waals surface area contributed by atoms with Crippen molar-refractivity contribution in [3.05, 3.63) is 22.8 Å². The van der Waals surface area contributed by atoms with Crippen LogP contribution in [0, 0.1) is 32.1 Å². The minimum absolute atomic E-state index is 0.361. The predicted molar refractivity (Wildman–Crippen MR) is 66.1 cm³/mol. The lowest BCUT2D eigenvalue weighted by Gasteiger charge is -2.23. The zero-order valence-electron chi connectivity index (χ0n) is 10.6. The average Bonchev–Trinajstić information content (AvgIpc) is 2.23. The van der Waals surface area contributed by atoms with Gasteiger partial charge in [0.05, 0.1) is 18.9 Å². The molecule has 0 heterocycles. The van der Waals surface area contributed by atoms with Crippen LogP contribution >= 0.6 is 0 Å². The Morgan fingerprint density at radius 2 is 1.94 bits per heavy atom. The van der Waals surface area contributed by atoms with Crippen molar-refractivity contribution in [3.8, 4) is 11.8 Å². The molecule has 0 radical (unpaired) electrons. The van der Waals surface area contributed by atoms with Crippen molar-refractivity contribution in [1.82, 2.24) is 0 Å². The number of ether oxygens (including phenoxy) is 1. The highest BCUT2D eigenvalue weighted by Gasteiger charge is 2.15. The molecule has 0 fully saturated rings. The summed E-state index contributed by atoms with van der Waals surface area (Å²) in [5, 5.41) is 8.74. The van der Waals surface area contributed by atoms with E-state index in [1.807, 2.05) is 25.8 Å². The molecule has 1 aromatic carbocycles. The summed E-state index contributed by atoms with van der Waals surface area (Å²) in [6.45, 7) is 6.51. The molecule has 0 aromatic heterocycles. The molecule has 0 aliphatic rings. The largest absolute Gasteiger partial charge is 0.494 e. The molecule has 0 saturated heterocycles. The topological polar surface area (TPSA) is 36.3 Å². The van der Waals surface area contributed by atoms with Crippen LogP contribution in [0.4, 0.5) is 5.69 Å². The van der Waals surface area contributed by atoms with Crippen LogP contribution in [0.2, 0.25) is 0 Å². The van der Waals surface area contributed by atoms with Crippen molar-refractivity contribution >= 4 is 5.69 Å². The van der Waals surface area contributed by atoms with E-state index in [9.17, 15) is 0 Å². The number of nitrogens with zero attached hydrogens (tertiary/aromatic N) is 2. The lowest BCUT2D eigenvalue weighted by Crippen LogP contribution is -2.19. The fourth-order valence-electron chi connectivity index (χ4n) is 1.95. The average molecular weight is 218 g/mol. The number of hydrogen-bond acceptors (Lipinski definition) is 3. The summed E-state index contributed by atoms with van der Waals surface area (Å²) in [7, 11) is 3.58. The monoisotopic (exact) mass is 218 g/mol. The van der Waals surface area contributed by atoms with Gasteiger partial charge in [-0.15, -0.1) is 0 Å². The van der Waals surface area contributed by atoms with Gasteiger partial charge >= 0.3 is 0 Å². The second-order valence-corrected chi connectivity index (χ2v) is 4.03. The number of rotatable bonds is 3. The molecule has 1 rings (SSSR count). The van der Waals surface area contributed by atoms with E-state index in [1.165, 1.54) is 5.56 Å². The Labute approximate surface area is 97.3 Å². The molecule has 0 N–H and O–H groups in total. The Balaban J connectivity index is 3.37. The maximum atomic E-state index is 8.74. The summed E-state index contributed by atoms with van der Waals surface area (Å²) >= 11 is 0. The zero-order valence-corrected chi connectivity index (χ0v) is 10.6. The lowest BCUT2D eigenvalue weighted by molar-refractivity contribution is 0.411. The zero-order chi connectivity index (χ0) is 12.3. The first kappa shape index (κ1) is 12.4. The van der Waals surface area contributed by atoms with Gasteiger partial charge in [0, 0.05) is 7.05 Å². The molecule has 0 aliphatic heterocycles. The van der Waals surface area contributed by atoms with Crippen molar-refractivity contribution in [2.24, 2.45) is 0 Å². The van der Waals surface area contributed by atoms with Gasteiger partial charge in [-0.25, -0.2) is 0 Å². The van der Waals surface area contributed by atoms with Crippen LogP contribution in [0.25, 0.3) is 0 Å². The SMILES string of the molecule is COc1c(C)c(C)cc(C)c1N(C)CC#N. The molecule has 1 aromatic rings. The van der Waals surface area contributed by atoms with Crippen molar-refractivity contribution in [1.29, 1.82) is 5.26 Å². The van der Waals surface area contributed by atoms with Gasteiger partial charge < -0.3 is 9.64 Å². The highest BCUT2D eigenvalue weighted by molar-refractivity contribution is 5.68. The maximum absolute atomic E-state index is 8.74. The number of anilines is 1. The van der Waals surface area contributed by atoms with Crippen molar-refractivity contribution in [3.63, 3.8) is 0 Å². The summed E-state index contributed by atoms with van der Waals surface area (Å²) in [6, 6.07) is 4.27. The van der Waals surface area contributed by atoms with Crippen LogP contribution in [0.3, 0.4) is 0 Å². The number of aryl methyl sites for hydroxylation is 2. The molecule has 0 unspecified atom stereocenters. The fourth-order valence-corrected chi connectivity index (χ4v) is 1.95. The first-order valence-corrected chi connectivity index (χ1v) is 5.25. The molecule has 0 spiro atoms. The molecule has 0 amide bonds. The van der Waals surface area contributed by atoms with E-state index in [1.54, 1.807) is 7.11 Å². The Morgan fingerprint density at radius 3 is 2.44 bits per heavy atom. The molecule has 86 valence electrons. The van der Waals surface area contributed by atoms with Crippen LogP contribution < -0.4 is 9.64 Å². The summed E-state index contributed by atoms with van der Waals surface area (Å²) in [5.41, 5.74) is 4.49. The molecule has 3 heteroatoms. The van der Waals surface area contributed by atoms with Gasteiger partial charge in [0.1, 0.15) is 12.3 Å². The minimum Gasteiger partial charge on any atom is -0.494 e. The number of methoxy groups -OCH3 is 1. The third-order valence-corrected chi connectivity index (χ3v) is 2.85. The summed E-state index contributed by atoms with van der Waals surface area (Å²) in [4.78, 5) is 1.92. The van der Waals surface area contributed by atoms with Gasteiger partial charge in [-0.1, -0.05) is 6.07 Å². The normalized spacial score (nSPS) is 9.75. The van der Waals surface area contributed by atoms with E-state index in [0.717, 1.165) is 22.6 Å². The summed E-state index contributed by atoms with van der Waals surface area (Å²) in [5.74, 6) is 0.871. The van der Waals surface area contributed by atoms with E-state index >= 15 is 0 Å². The van der Waals surface area contributed by atoms with Crippen molar-refractivity contribution in [2.45, 2.75) is 20.8 Å². The Kier molecular flexibility index (Phi) is 3.78. The lowest BCUT2D eigenvalue weighted by atomic mass is 10.0. The highest BCUT2D eigenvalue weighted by atomic mass is 16.5. The summed E-state index contributed by atoms with van der Waals surface area (Å²) < 4.78 is 5.45. The molecular formula is C13H18N2O. The van der Waals surface area contributed by atoms with Gasteiger partial charge in [0.15, 0.2) is 0 Å². The van der Waals surface area contributed by atoms with Gasteiger partial charge in [-0.2, -0.15) is 5.26 Å². The molecule has 16 heavy (non-hydrogen) atoms. The Bertz CT molecular complexity index is 433. The van der Waals surface area contributed by atoms with Crippen molar-refractivity contribution < 1.29 is 4.74 Å². The molecule has 0 bridgehead atoms. The molecule has 0 aliphatic carbocycles. The van der Waals surface area contributed by atoms with Crippen LogP contribution in [0.15, 0.2) is 6.07 Å². The smallest absolute Gasteiger partial charge is 0.145 e.